The van der Waals surface area contributed by atoms with E-state index in [1.807, 2.05) is 13.0 Å². The zero-order valence-electron chi connectivity index (χ0n) is 21.2. The lowest BCUT2D eigenvalue weighted by atomic mass is 9.83. The second-order valence-electron chi connectivity index (χ2n) is 10.0. The fourth-order valence-corrected chi connectivity index (χ4v) is 5.79. The van der Waals surface area contributed by atoms with Crippen LogP contribution in [0.3, 0.4) is 0 Å². The number of piperidine rings is 1. The van der Waals surface area contributed by atoms with E-state index in [2.05, 4.69) is 0 Å². The molecule has 2 aromatic carbocycles. The largest absolute Gasteiger partial charge is 0.416 e. The number of benzene rings is 2. The maximum Gasteiger partial charge on any atom is 0.416 e. The van der Waals surface area contributed by atoms with Gasteiger partial charge in [0.25, 0.3) is 5.91 Å². The van der Waals surface area contributed by atoms with Gasteiger partial charge in [-0.1, -0.05) is 30.1 Å². The molecular weight excluding hydrogens is 524 g/mol. The molecule has 1 atom stereocenters. The van der Waals surface area contributed by atoms with Crippen molar-refractivity contribution < 1.29 is 22.8 Å². The molecule has 1 aliphatic heterocycles. The Labute approximate surface area is 224 Å². The normalized spacial score (nSPS) is 15.9. The lowest BCUT2D eigenvalue weighted by Crippen LogP contribution is -2.40. The van der Waals surface area contributed by atoms with Gasteiger partial charge in [0, 0.05) is 54.1 Å². The molecule has 1 amide bonds. The van der Waals surface area contributed by atoms with E-state index in [-0.39, 0.29) is 35.0 Å². The van der Waals surface area contributed by atoms with Gasteiger partial charge in [-0.15, -0.1) is 0 Å². The van der Waals surface area contributed by atoms with E-state index in [0.717, 1.165) is 30.7 Å². The molecule has 0 saturated carbocycles. The van der Waals surface area contributed by atoms with Crippen LogP contribution in [0.25, 0.3) is 10.9 Å². The lowest BCUT2D eigenvalue weighted by Gasteiger charge is -2.34. The molecule has 1 aliphatic rings. The highest BCUT2D eigenvalue weighted by molar-refractivity contribution is 6.38. The number of likely N-dealkylation sites (tertiary alicyclic amines) is 1. The van der Waals surface area contributed by atoms with Gasteiger partial charge < -0.3 is 9.47 Å². The first-order chi connectivity index (χ1) is 17.3. The third-order valence-corrected chi connectivity index (χ3v) is 8.53. The van der Waals surface area contributed by atoms with Crippen molar-refractivity contribution in [2.75, 3.05) is 13.1 Å². The number of alkyl halides is 3. The third-order valence-electron chi connectivity index (χ3n) is 7.74. The summed E-state index contributed by atoms with van der Waals surface area (Å²) >= 11 is 13.2. The highest BCUT2D eigenvalue weighted by Gasteiger charge is 2.32. The van der Waals surface area contributed by atoms with Crippen LogP contribution in [-0.4, -0.2) is 34.2 Å². The topological polar surface area (TPSA) is 42.3 Å². The van der Waals surface area contributed by atoms with Crippen LogP contribution in [0.4, 0.5) is 13.2 Å². The summed E-state index contributed by atoms with van der Waals surface area (Å²) in [7, 11) is 1.71. The number of hydrogen-bond acceptors (Lipinski definition) is 2. The van der Waals surface area contributed by atoms with Gasteiger partial charge in [-0.05, 0) is 74.1 Å². The first-order valence-electron chi connectivity index (χ1n) is 12.2. The lowest BCUT2D eigenvalue weighted by molar-refractivity contribution is -0.137. The Morgan fingerprint density at radius 1 is 1.11 bits per heavy atom. The van der Waals surface area contributed by atoms with E-state index in [1.165, 1.54) is 0 Å². The number of fused-ring (bicyclic) bond motifs is 1. The van der Waals surface area contributed by atoms with Crippen molar-refractivity contribution >= 4 is 45.8 Å². The van der Waals surface area contributed by atoms with Gasteiger partial charge in [0.15, 0.2) is 0 Å². The van der Waals surface area contributed by atoms with Crippen LogP contribution >= 0.6 is 23.2 Å². The number of amides is 1. The number of aryl methyl sites for hydroxylation is 2. The van der Waals surface area contributed by atoms with Crippen molar-refractivity contribution in [2.24, 2.45) is 18.9 Å². The van der Waals surface area contributed by atoms with Gasteiger partial charge in [-0.3, -0.25) is 9.59 Å². The Balaban J connectivity index is 1.61. The van der Waals surface area contributed by atoms with Gasteiger partial charge in [0.2, 0.25) is 0 Å². The predicted molar refractivity (Wildman–Crippen MR) is 140 cm³/mol. The van der Waals surface area contributed by atoms with E-state index < -0.39 is 11.7 Å². The highest BCUT2D eigenvalue weighted by atomic mass is 35.5. The number of Topliss-reactive ketones (excluding diaryl/α,β-unsaturated/α-hetero) is 1. The summed E-state index contributed by atoms with van der Waals surface area (Å²) in [5, 5.41) is 1.34. The number of hydrogen-bond donors (Lipinski definition) is 0. The Bertz CT molecular complexity index is 1370. The van der Waals surface area contributed by atoms with E-state index in [0.29, 0.717) is 45.7 Å². The molecule has 37 heavy (non-hydrogen) atoms. The minimum atomic E-state index is -4.44. The average Bonchev–Trinajstić information content (AvgIpc) is 3.16. The predicted octanol–water partition coefficient (Wildman–Crippen LogP) is 7.48. The Hall–Kier alpha value is -2.51. The summed E-state index contributed by atoms with van der Waals surface area (Å²) in [6, 6.07) is 7.38. The van der Waals surface area contributed by atoms with E-state index in [1.54, 1.807) is 42.5 Å². The third kappa shape index (κ3) is 5.39. The van der Waals surface area contributed by atoms with Gasteiger partial charge in [-0.25, -0.2) is 0 Å². The molecule has 0 radical (unpaired) electrons. The van der Waals surface area contributed by atoms with Crippen LogP contribution in [0.5, 0.6) is 0 Å². The number of aromatic nitrogens is 1. The summed E-state index contributed by atoms with van der Waals surface area (Å²) in [6.45, 7) is 6.27. The van der Waals surface area contributed by atoms with Crippen LogP contribution in [0, 0.1) is 18.8 Å². The van der Waals surface area contributed by atoms with Gasteiger partial charge in [-0.2, -0.15) is 13.2 Å². The number of halogens is 5. The van der Waals surface area contributed by atoms with E-state index in [9.17, 15) is 22.8 Å². The van der Waals surface area contributed by atoms with E-state index in [4.69, 9.17) is 23.2 Å². The fraction of sp³-hybridized carbons (Fsp3) is 0.429. The summed E-state index contributed by atoms with van der Waals surface area (Å²) in [4.78, 5) is 26.8. The Kier molecular flexibility index (Phi) is 7.69. The molecule has 4 rings (SSSR count). The molecule has 0 N–H and O–H groups in total. The molecule has 4 nitrogen and oxygen atoms in total. The van der Waals surface area contributed by atoms with Crippen molar-refractivity contribution in [1.29, 1.82) is 0 Å². The highest BCUT2D eigenvalue weighted by Crippen LogP contribution is 2.37. The zero-order valence-corrected chi connectivity index (χ0v) is 22.7. The average molecular weight is 553 g/mol. The molecule has 1 aromatic heterocycles. The summed E-state index contributed by atoms with van der Waals surface area (Å²) in [5.74, 6) is 0.193. The monoisotopic (exact) mass is 552 g/mol. The maximum absolute atomic E-state index is 13.4. The van der Waals surface area contributed by atoms with Gasteiger partial charge >= 0.3 is 6.18 Å². The molecular formula is C28H29Cl2F3N2O2. The molecule has 0 bridgehead atoms. The zero-order chi connectivity index (χ0) is 27.2. The van der Waals surface area contributed by atoms with Crippen molar-refractivity contribution in [1.82, 2.24) is 9.47 Å². The number of carbonyl (C=O) groups is 2. The summed E-state index contributed by atoms with van der Waals surface area (Å²) < 4.78 is 41.8. The van der Waals surface area contributed by atoms with Crippen LogP contribution in [0.15, 0.2) is 30.3 Å². The second-order valence-corrected chi connectivity index (χ2v) is 10.8. The van der Waals surface area contributed by atoms with E-state index >= 15 is 0 Å². The smallest absolute Gasteiger partial charge is 0.347 e. The summed E-state index contributed by atoms with van der Waals surface area (Å²) in [6.07, 6.45) is -2.69. The number of carbonyl (C=O) groups excluding carboxylic acids is 2. The van der Waals surface area contributed by atoms with Gasteiger partial charge in [0.05, 0.1) is 16.1 Å². The first-order valence-corrected chi connectivity index (χ1v) is 13.0. The standard InChI is InChI=1S/C28H29Cl2F3N2O2/c1-15-11-19(28(31,32)33)12-25-22(15)13-20(34(25)4)14-23-24(29)6-5-21(26(23)30)27(37)35-9-7-18(8-10-35)16(2)17(3)36/h5-6,11-13,16,18H,7-10,14H2,1-4H3. The van der Waals surface area contributed by atoms with Gasteiger partial charge in [0.1, 0.15) is 5.78 Å². The number of ketones is 1. The summed E-state index contributed by atoms with van der Waals surface area (Å²) in [5.41, 5.74) is 1.90. The SMILES string of the molecule is CC(=O)C(C)C1CCN(C(=O)c2ccc(Cl)c(Cc3cc4c(C)cc(C(F)(F)F)cc4n3C)c2Cl)CC1. The van der Waals surface area contributed by atoms with Crippen molar-refractivity contribution in [2.45, 2.75) is 46.2 Å². The van der Waals surface area contributed by atoms with Crippen LogP contribution in [-0.2, 0) is 24.4 Å². The molecule has 1 unspecified atom stereocenters. The van der Waals surface area contributed by atoms with Crippen LogP contribution in [0.1, 0.15) is 59.4 Å². The number of nitrogens with zero attached hydrogens (tertiary/aromatic N) is 2. The molecule has 0 aliphatic carbocycles. The van der Waals surface area contributed by atoms with Crippen molar-refractivity contribution in [3.8, 4) is 0 Å². The van der Waals surface area contributed by atoms with Crippen LogP contribution < -0.4 is 0 Å². The molecule has 1 fully saturated rings. The minimum absolute atomic E-state index is 0.0281. The van der Waals surface area contributed by atoms with Crippen LogP contribution in [0.2, 0.25) is 10.0 Å². The first kappa shape index (κ1) is 27.5. The molecule has 198 valence electrons. The quantitative estimate of drug-likeness (QED) is 0.329. The van der Waals surface area contributed by atoms with Crippen molar-refractivity contribution in [3.63, 3.8) is 0 Å². The molecule has 9 heteroatoms. The minimum Gasteiger partial charge on any atom is -0.347 e. The number of rotatable bonds is 5. The Morgan fingerprint density at radius 3 is 2.35 bits per heavy atom. The molecule has 3 aromatic rings. The Morgan fingerprint density at radius 2 is 1.76 bits per heavy atom. The molecule has 0 spiro atoms. The second kappa shape index (κ2) is 10.3. The fourth-order valence-electron chi connectivity index (χ4n) is 5.21. The van der Waals surface area contributed by atoms with Crippen molar-refractivity contribution in [3.05, 3.63) is 68.3 Å². The molecule has 2 heterocycles. The molecule has 1 saturated heterocycles. The maximum atomic E-state index is 13.4.